The van der Waals surface area contributed by atoms with Crippen molar-refractivity contribution in [2.45, 2.75) is 13.3 Å². The highest BCUT2D eigenvalue weighted by Gasteiger charge is 2.09. The maximum absolute atomic E-state index is 5.66. The van der Waals surface area contributed by atoms with Crippen LogP contribution in [0.1, 0.15) is 12.5 Å². The van der Waals surface area contributed by atoms with Crippen LogP contribution in [0.25, 0.3) is 0 Å². The van der Waals surface area contributed by atoms with E-state index in [4.69, 9.17) is 9.47 Å². The third-order valence-electron chi connectivity index (χ3n) is 2.97. The van der Waals surface area contributed by atoms with Crippen molar-refractivity contribution in [2.75, 3.05) is 39.5 Å². The first kappa shape index (κ1) is 12.3. The van der Waals surface area contributed by atoms with Crippen molar-refractivity contribution in [3.8, 4) is 5.88 Å². The minimum atomic E-state index is 0.695. The van der Waals surface area contributed by atoms with Crippen molar-refractivity contribution < 1.29 is 9.47 Å². The van der Waals surface area contributed by atoms with Crippen LogP contribution in [-0.2, 0) is 11.2 Å². The van der Waals surface area contributed by atoms with Gasteiger partial charge >= 0.3 is 0 Å². The summed E-state index contributed by atoms with van der Waals surface area (Å²) in [5.41, 5.74) is 1.27. The van der Waals surface area contributed by atoms with Crippen LogP contribution < -0.4 is 4.74 Å². The van der Waals surface area contributed by atoms with E-state index in [0.717, 1.165) is 45.1 Å². The zero-order valence-corrected chi connectivity index (χ0v) is 10.4. The van der Waals surface area contributed by atoms with Crippen molar-refractivity contribution in [3.05, 3.63) is 23.9 Å². The Morgan fingerprint density at radius 2 is 2.24 bits per heavy atom. The Hall–Kier alpha value is -1.13. The molecule has 1 aliphatic rings. The van der Waals surface area contributed by atoms with E-state index in [9.17, 15) is 0 Å². The third-order valence-corrected chi connectivity index (χ3v) is 2.97. The van der Waals surface area contributed by atoms with Gasteiger partial charge in [0.05, 0.1) is 13.2 Å². The molecule has 2 rings (SSSR count). The van der Waals surface area contributed by atoms with E-state index < -0.39 is 0 Å². The van der Waals surface area contributed by atoms with Crippen LogP contribution in [-0.4, -0.2) is 49.3 Å². The average molecular weight is 236 g/mol. The summed E-state index contributed by atoms with van der Waals surface area (Å²) >= 11 is 0. The maximum Gasteiger partial charge on any atom is 0.213 e. The summed E-state index contributed by atoms with van der Waals surface area (Å²) in [5.74, 6) is 0.734. The molecule has 0 aromatic carbocycles. The van der Waals surface area contributed by atoms with Crippen LogP contribution in [0, 0.1) is 0 Å². The number of aromatic nitrogens is 1. The van der Waals surface area contributed by atoms with Crippen molar-refractivity contribution in [3.63, 3.8) is 0 Å². The molecule has 94 valence electrons. The van der Waals surface area contributed by atoms with E-state index in [0.29, 0.717) is 6.61 Å². The Bertz CT molecular complexity index is 338. The molecule has 1 saturated heterocycles. The molecular formula is C13H20N2O2. The second-order valence-electron chi connectivity index (χ2n) is 4.16. The number of aryl methyl sites for hydroxylation is 1. The summed E-state index contributed by atoms with van der Waals surface area (Å²) in [6, 6.07) is 4.04. The normalized spacial score (nSPS) is 17.0. The smallest absolute Gasteiger partial charge is 0.213 e. The first-order valence-corrected chi connectivity index (χ1v) is 6.26. The van der Waals surface area contributed by atoms with Crippen molar-refractivity contribution in [2.24, 2.45) is 0 Å². The fraction of sp³-hybridized carbons (Fsp3) is 0.615. The van der Waals surface area contributed by atoms with E-state index in [1.807, 2.05) is 18.3 Å². The van der Waals surface area contributed by atoms with Crippen LogP contribution >= 0.6 is 0 Å². The molecule has 0 amide bonds. The second-order valence-corrected chi connectivity index (χ2v) is 4.16. The molecule has 17 heavy (non-hydrogen) atoms. The molecule has 0 bridgehead atoms. The van der Waals surface area contributed by atoms with Crippen LogP contribution in [0.3, 0.4) is 0 Å². The predicted octanol–water partition coefficient (Wildman–Crippen LogP) is 1.35. The van der Waals surface area contributed by atoms with Gasteiger partial charge in [-0.3, -0.25) is 4.90 Å². The van der Waals surface area contributed by atoms with E-state index in [2.05, 4.69) is 16.8 Å². The first-order chi connectivity index (χ1) is 8.38. The molecule has 1 aliphatic heterocycles. The molecular weight excluding hydrogens is 216 g/mol. The Morgan fingerprint density at radius 1 is 1.41 bits per heavy atom. The van der Waals surface area contributed by atoms with Crippen LogP contribution in [0.15, 0.2) is 18.3 Å². The summed E-state index contributed by atoms with van der Waals surface area (Å²) < 4.78 is 11.0. The van der Waals surface area contributed by atoms with E-state index in [1.54, 1.807) is 0 Å². The molecule has 0 spiro atoms. The van der Waals surface area contributed by atoms with Gasteiger partial charge in [-0.1, -0.05) is 6.92 Å². The monoisotopic (exact) mass is 236 g/mol. The van der Waals surface area contributed by atoms with Crippen molar-refractivity contribution in [1.82, 2.24) is 9.88 Å². The lowest BCUT2D eigenvalue weighted by atomic mass is 10.2. The lowest BCUT2D eigenvalue weighted by Gasteiger charge is -2.26. The first-order valence-electron chi connectivity index (χ1n) is 6.26. The molecule has 0 radical (unpaired) electrons. The van der Waals surface area contributed by atoms with Gasteiger partial charge in [-0.15, -0.1) is 0 Å². The summed E-state index contributed by atoms with van der Waals surface area (Å²) in [6.45, 7) is 7.46. The standard InChI is InChI=1S/C13H20N2O2/c1-2-12-3-4-14-13(11-12)17-10-7-15-5-8-16-9-6-15/h3-4,11H,2,5-10H2,1H3. The molecule has 0 aliphatic carbocycles. The molecule has 0 unspecified atom stereocenters. The molecule has 1 fully saturated rings. The molecule has 2 heterocycles. The maximum atomic E-state index is 5.66. The van der Waals surface area contributed by atoms with Gasteiger partial charge in [-0.05, 0) is 18.1 Å². The quantitative estimate of drug-likeness (QED) is 0.773. The second kappa shape index (κ2) is 6.57. The zero-order valence-electron chi connectivity index (χ0n) is 10.4. The Kier molecular flexibility index (Phi) is 4.76. The number of hydrogen-bond donors (Lipinski definition) is 0. The zero-order chi connectivity index (χ0) is 11.9. The Labute approximate surface area is 103 Å². The van der Waals surface area contributed by atoms with Gasteiger partial charge in [0.25, 0.3) is 0 Å². The highest BCUT2D eigenvalue weighted by molar-refractivity contribution is 5.20. The van der Waals surface area contributed by atoms with Crippen molar-refractivity contribution >= 4 is 0 Å². The van der Waals surface area contributed by atoms with Gasteiger partial charge in [0.2, 0.25) is 5.88 Å². The van der Waals surface area contributed by atoms with E-state index >= 15 is 0 Å². The topological polar surface area (TPSA) is 34.6 Å². The molecule has 1 aromatic heterocycles. The summed E-state index contributed by atoms with van der Waals surface area (Å²) in [5, 5.41) is 0. The van der Waals surface area contributed by atoms with Gasteiger partial charge in [0.1, 0.15) is 6.61 Å². The minimum absolute atomic E-state index is 0.695. The molecule has 1 aromatic rings. The van der Waals surface area contributed by atoms with E-state index in [1.165, 1.54) is 5.56 Å². The number of morpholine rings is 1. The number of nitrogens with zero attached hydrogens (tertiary/aromatic N) is 2. The number of pyridine rings is 1. The third kappa shape index (κ3) is 3.98. The average Bonchev–Trinajstić information content (AvgIpc) is 2.40. The molecule has 4 nitrogen and oxygen atoms in total. The summed E-state index contributed by atoms with van der Waals surface area (Å²) in [4.78, 5) is 6.56. The predicted molar refractivity (Wildman–Crippen MR) is 66.4 cm³/mol. The van der Waals surface area contributed by atoms with Crippen LogP contribution in [0.5, 0.6) is 5.88 Å². The fourth-order valence-corrected chi connectivity index (χ4v) is 1.85. The van der Waals surface area contributed by atoms with Gasteiger partial charge in [-0.2, -0.15) is 0 Å². The van der Waals surface area contributed by atoms with E-state index in [-0.39, 0.29) is 0 Å². The minimum Gasteiger partial charge on any atom is -0.476 e. The highest BCUT2D eigenvalue weighted by atomic mass is 16.5. The Balaban J connectivity index is 1.73. The molecule has 0 saturated carbocycles. The summed E-state index contributed by atoms with van der Waals surface area (Å²) in [7, 11) is 0. The van der Waals surface area contributed by atoms with Crippen LogP contribution in [0.2, 0.25) is 0 Å². The Morgan fingerprint density at radius 3 is 3.00 bits per heavy atom. The fourth-order valence-electron chi connectivity index (χ4n) is 1.85. The highest BCUT2D eigenvalue weighted by Crippen LogP contribution is 2.09. The molecule has 0 N–H and O–H groups in total. The SMILES string of the molecule is CCc1ccnc(OCCN2CCOCC2)c1. The molecule has 0 atom stereocenters. The van der Waals surface area contributed by atoms with Gasteiger partial charge in [-0.25, -0.2) is 4.98 Å². The lowest BCUT2D eigenvalue weighted by molar-refractivity contribution is 0.0320. The summed E-state index contributed by atoms with van der Waals surface area (Å²) in [6.07, 6.45) is 2.82. The largest absolute Gasteiger partial charge is 0.476 e. The number of rotatable bonds is 5. The van der Waals surface area contributed by atoms with Gasteiger partial charge in [0.15, 0.2) is 0 Å². The molecule has 4 heteroatoms. The van der Waals surface area contributed by atoms with Crippen molar-refractivity contribution in [1.29, 1.82) is 0 Å². The van der Waals surface area contributed by atoms with Gasteiger partial charge in [0, 0.05) is 31.9 Å². The van der Waals surface area contributed by atoms with Crippen LogP contribution in [0.4, 0.5) is 0 Å². The number of hydrogen-bond acceptors (Lipinski definition) is 4. The van der Waals surface area contributed by atoms with Gasteiger partial charge < -0.3 is 9.47 Å². The number of ether oxygens (including phenoxy) is 2. The lowest BCUT2D eigenvalue weighted by Crippen LogP contribution is -2.38.